The lowest BCUT2D eigenvalue weighted by atomic mass is 9.80. The van der Waals surface area contributed by atoms with Crippen LogP contribution in [0.2, 0.25) is 0 Å². The van der Waals surface area contributed by atoms with Crippen molar-refractivity contribution in [1.29, 1.82) is 0 Å². The lowest BCUT2D eigenvalue weighted by Crippen LogP contribution is -2.41. The molecule has 2 unspecified atom stereocenters. The molecular formula is C17H22N2O3. The number of carbonyl (C=O) groups excluding carboxylic acids is 1. The van der Waals surface area contributed by atoms with Crippen molar-refractivity contribution < 1.29 is 14.3 Å². The quantitative estimate of drug-likeness (QED) is 0.844. The maximum atomic E-state index is 12.0. The SMILES string of the molecule is COc1ccc(C2C3CC(C)(C)OCC3=NN2C(C)=O)cc1. The van der Waals surface area contributed by atoms with Gasteiger partial charge in [0.15, 0.2) is 0 Å². The van der Waals surface area contributed by atoms with Gasteiger partial charge in [0, 0.05) is 12.8 Å². The van der Waals surface area contributed by atoms with Crippen LogP contribution in [0.1, 0.15) is 38.8 Å². The molecule has 118 valence electrons. The molecule has 0 aromatic heterocycles. The third kappa shape index (κ3) is 2.61. The van der Waals surface area contributed by atoms with Gasteiger partial charge in [0.25, 0.3) is 0 Å². The topological polar surface area (TPSA) is 51.1 Å². The molecule has 2 atom stereocenters. The molecule has 1 aromatic rings. The van der Waals surface area contributed by atoms with E-state index in [-0.39, 0.29) is 23.5 Å². The first-order valence-corrected chi connectivity index (χ1v) is 7.56. The van der Waals surface area contributed by atoms with Gasteiger partial charge in [-0.2, -0.15) is 5.10 Å². The molecule has 5 heteroatoms. The highest BCUT2D eigenvalue weighted by molar-refractivity contribution is 5.93. The minimum absolute atomic E-state index is 0.0412. The average Bonchev–Trinajstić information content (AvgIpc) is 2.85. The molecule has 1 fully saturated rings. The number of rotatable bonds is 2. The largest absolute Gasteiger partial charge is 0.497 e. The van der Waals surface area contributed by atoms with Gasteiger partial charge in [-0.25, -0.2) is 5.01 Å². The highest BCUT2D eigenvalue weighted by atomic mass is 16.5. The van der Waals surface area contributed by atoms with Gasteiger partial charge >= 0.3 is 0 Å². The van der Waals surface area contributed by atoms with Crippen molar-refractivity contribution in [2.24, 2.45) is 11.0 Å². The summed E-state index contributed by atoms with van der Waals surface area (Å²) < 4.78 is 11.1. The van der Waals surface area contributed by atoms with Crippen molar-refractivity contribution in [2.75, 3.05) is 13.7 Å². The van der Waals surface area contributed by atoms with E-state index in [1.807, 2.05) is 24.3 Å². The summed E-state index contributed by atoms with van der Waals surface area (Å²) in [6, 6.07) is 7.83. The number of carbonyl (C=O) groups is 1. The minimum Gasteiger partial charge on any atom is -0.497 e. The molecule has 0 radical (unpaired) electrons. The van der Waals surface area contributed by atoms with Crippen LogP contribution >= 0.6 is 0 Å². The van der Waals surface area contributed by atoms with Crippen LogP contribution in [0.4, 0.5) is 0 Å². The molecule has 0 N–H and O–H groups in total. The molecule has 1 saturated heterocycles. The van der Waals surface area contributed by atoms with Crippen LogP contribution in [0.15, 0.2) is 29.4 Å². The predicted octanol–water partition coefficient (Wildman–Crippen LogP) is 2.77. The van der Waals surface area contributed by atoms with E-state index in [1.54, 1.807) is 19.0 Å². The fourth-order valence-corrected chi connectivity index (χ4v) is 3.29. The number of benzene rings is 1. The highest BCUT2D eigenvalue weighted by Gasteiger charge is 2.46. The lowest BCUT2D eigenvalue weighted by Gasteiger charge is -2.37. The third-order valence-corrected chi connectivity index (χ3v) is 4.41. The van der Waals surface area contributed by atoms with Crippen LogP contribution in [-0.2, 0) is 9.53 Å². The zero-order valence-corrected chi connectivity index (χ0v) is 13.5. The normalized spacial score (nSPS) is 26.4. The Balaban J connectivity index is 1.96. The van der Waals surface area contributed by atoms with Crippen molar-refractivity contribution >= 4 is 11.6 Å². The van der Waals surface area contributed by atoms with Gasteiger partial charge in [0.2, 0.25) is 5.91 Å². The molecule has 0 aliphatic carbocycles. The average molecular weight is 302 g/mol. The molecule has 0 spiro atoms. The fraction of sp³-hybridized carbons (Fsp3) is 0.529. The van der Waals surface area contributed by atoms with E-state index in [2.05, 4.69) is 18.9 Å². The van der Waals surface area contributed by atoms with Crippen LogP contribution in [0.3, 0.4) is 0 Å². The van der Waals surface area contributed by atoms with Crippen LogP contribution in [0, 0.1) is 5.92 Å². The molecule has 0 saturated carbocycles. The van der Waals surface area contributed by atoms with Crippen LogP contribution < -0.4 is 4.74 Å². The Morgan fingerprint density at radius 3 is 2.64 bits per heavy atom. The third-order valence-electron chi connectivity index (χ3n) is 4.41. The van der Waals surface area contributed by atoms with Crippen molar-refractivity contribution in [2.45, 2.75) is 38.8 Å². The van der Waals surface area contributed by atoms with E-state index >= 15 is 0 Å². The predicted molar refractivity (Wildman–Crippen MR) is 83.8 cm³/mol. The van der Waals surface area contributed by atoms with E-state index in [1.165, 1.54) is 0 Å². The number of nitrogens with zero attached hydrogens (tertiary/aromatic N) is 2. The van der Waals surface area contributed by atoms with Crippen LogP contribution in [0.5, 0.6) is 5.75 Å². The van der Waals surface area contributed by atoms with E-state index in [9.17, 15) is 4.79 Å². The number of methoxy groups -OCH3 is 1. The smallest absolute Gasteiger partial charge is 0.240 e. The number of fused-ring (bicyclic) bond motifs is 1. The molecular weight excluding hydrogens is 280 g/mol. The molecule has 1 amide bonds. The van der Waals surface area contributed by atoms with Crippen LogP contribution in [-0.4, -0.2) is 35.9 Å². The Bertz CT molecular complexity index is 607. The summed E-state index contributed by atoms with van der Waals surface area (Å²) in [4.78, 5) is 12.0. The number of amides is 1. The first-order chi connectivity index (χ1) is 10.4. The fourth-order valence-electron chi connectivity index (χ4n) is 3.29. The van der Waals surface area contributed by atoms with Gasteiger partial charge in [-0.3, -0.25) is 4.79 Å². The summed E-state index contributed by atoms with van der Waals surface area (Å²) in [5.41, 5.74) is 1.86. The monoisotopic (exact) mass is 302 g/mol. The summed E-state index contributed by atoms with van der Waals surface area (Å²) >= 11 is 0. The molecule has 5 nitrogen and oxygen atoms in total. The summed E-state index contributed by atoms with van der Waals surface area (Å²) in [6.45, 7) is 6.23. The van der Waals surface area contributed by atoms with Gasteiger partial charge in [-0.1, -0.05) is 12.1 Å². The molecule has 2 aliphatic rings. The van der Waals surface area contributed by atoms with E-state index < -0.39 is 0 Å². The van der Waals surface area contributed by atoms with Crippen molar-refractivity contribution in [3.8, 4) is 5.75 Å². The second kappa shape index (κ2) is 5.39. The Kier molecular flexibility index (Phi) is 3.68. The first-order valence-electron chi connectivity index (χ1n) is 7.56. The highest BCUT2D eigenvalue weighted by Crippen LogP contribution is 2.43. The Labute approximate surface area is 130 Å². The van der Waals surface area contributed by atoms with Crippen molar-refractivity contribution in [3.05, 3.63) is 29.8 Å². The number of hydrazone groups is 1. The van der Waals surface area contributed by atoms with Gasteiger partial charge < -0.3 is 9.47 Å². The maximum Gasteiger partial charge on any atom is 0.240 e. The van der Waals surface area contributed by atoms with Crippen molar-refractivity contribution in [1.82, 2.24) is 5.01 Å². The summed E-state index contributed by atoms with van der Waals surface area (Å²) in [5, 5.41) is 6.12. The molecule has 3 rings (SSSR count). The second-order valence-corrected chi connectivity index (χ2v) is 6.53. The standard InChI is InChI=1S/C17H22N2O3/c1-11(20)19-16(12-5-7-13(21-4)8-6-12)14-9-17(2,3)22-10-15(14)18-19/h5-8,14,16H,9-10H2,1-4H3. The lowest BCUT2D eigenvalue weighted by molar-refractivity contribution is -0.131. The van der Waals surface area contributed by atoms with E-state index in [0.29, 0.717) is 6.61 Å². The van der Waals surface area contributed by atoms with Gasteiger partial charge in [-0.15, -0.1) is 0 Å². The van der Waals surface area contributed by atoms with Crippen molar-refractivity contribution in [3.63, 3.8) is 0 Å². The summed E-state index contributed by atoms with van der Waals surface area (Å²) in [5.74, 6) is 0.978. The molecule has 0 bridgehead atoms. The first kappa shape index (κ1) is 15.0. The Hall–Kier alpha value is -1.88. The molecule has 2 aliphatic heterocycles. The number of ether oxygens (including phenoxy) is 2. The van der Waals surface area contributed by atoms with Gasteiger partial charge in [0.1, 0.15) is 5.75 Å². The molecule has 22 heavy (non-hydrogen) atoms. The van der Waals surface area contributed by atoms with Gasteiger partial charge in [0.05, 0.1) is 31.1 Å². The number of hydrogen-bond donors (Lipinski definition) is 0. The zero-order chi connectivity index (χ0) is 15.9. The second-order valence-electron chi connectivity index (χ2n) is 6.53. The minimum atomic E-state index is -0.193. The molecule has 1 aromatic carbocycles. The zero-order valence-electron chi connectivity index (χ0n) is 13.5. The maximum absolute atomic E-state index is 12.0. The van der Waals surface area contributed by atoms with E-state index in [4.69, 9.17) is 9.47 Å². The Morgan fingerprint density at radius 2 is 2.05 bits per heavy atom. The van der Waals surface area contributed by atoms with Gasteiger partial charge in [-0.05, 0) is 38.0 Å². The number of hydrogen-bond acceptors (Lipinski definition) is 4. The van der Waals surface area contributed by atoms with Crippen LogP contribution in [0.25, 0.3) is 0 Å². The van der Waals surface area contributed by atoms with E-state index in [0.717, 1.165) is 23.4 Å². The summed E-state index contributed by atoms with van der Waals surface area (Å²) in [7, 11) is 1.65. The molecule has 2 heterocycles. The summed E-state index contributed by atoms with van der Waals surface area (Å²) in [6.07, 6.45) is 0.853. The Morgan fingerprint density at radius 1 is 1.36 bits per heavy atom.